The molecule has 0 fully saturated rings. The number of anilines is 1. The molecule has 0 aliphatic carbocycles. The van der Waals surface area contributed by atoms with E-state index in [1.54, 1.807) is 18.9 Å². The minimum atomic E-state index is -0.101. The highest BCUT2D eigenvalue weighted by molar-refractivity contribution is 5.94. The Morgan fingerprint density at radius 1 is 1.26 bits per heavy atom. The second-order valence-electron chi connectivity index (χ2n) is 5.87. The number of hydrogen-bond donors (Lipinski definition) is 1. The topological polar surface area (TPSA) is 65.4 Å². The van der Waals surface area contributed by atoms with Crippen LogP contribution < -0.4 is 14.8 Å². The molecule has 0 spiro atoms. The van der Waals surface area contributed by atoms with E-state index in [1.807, 2.05) is 27.0 Å². The Hall–Kier alpha value is -2.50. The third-order valence-corrected chi connectivity index (χ3v) is 4.29. The first kappa shape index (κ1) is 15.4. The van der Waals surface area contributed by atoms with Gasteiger partial charge in [-0.1, -0.05) is 6.07 Å². The molecule has 23 heavy (non-hydrogen) atoms. The van der Waals surface area contributed by atoms with Crippen LogP contribution in [0.15, 0.2) is 12.1 Å². The van der Waals surface area contributed by atoms with Gasteiger partial charge in [-0.2, -0.15) is 5.10 Å². The predicted molar refractivity (Wildman–Crippen MR) is 87.3 cm³/mol. The van der Waals surface area contributed by atoms with Gasteiger partial charge >= 0.3 is 0 Å². The van der Waals surface area contributed by atoms with Crippen LogP contribution in [0, 0.1) is 13.8 Å². The van der Waals surface area contributed by atoms with E-state index < -0.39 is 0 Å². The summed E-state index contributed by atoms with van der Waals surface area (Å²) in [6.07, 6.45) is 0.364. The van der Waals surface area contributed by atoms with Gasteiger partial charge in [-0.05, 0) is 25.5 Å². The number of nitrogens with one attached hydrogen (secondary N) is 1. The molecule has 1 unspecified atom stereocenters. The van der Waals surface area contributed by atoms with E-state index in [2.05, 4.69) is 16.5 Å². The van der Waals surface area contributed by atoms with Crippen molar-refractivity contribution in [2.45, 2.75) is 26.2 Å². The number of aryl methyl sites for hydroxylation is 3. The molecule has 3 rings (SSSR count). The van der Waals surface area contributed by atoms with Crippen molar-refractivity contribution in [1.29, 1.82) is 0 Å². The number of benzene rings is 1. The van der Waals surface area contributed by atoms with Crippen molar-refractivity contribution in [2.24, 2.45) is 7.05 Å². The van der Waals surface area contributed by atoms with E-state index in [1.165, 1.54) is 0 Å². The molecule has 6 heteroatoms. The summed E-state index contributed by atoms with van der Waals surface area (Å²) in [4.78, 5) is 12.2. The van der Waals surface area contributed by atoms with Crippen LogP contribution in [0.1, 0.15) is 34.7 Å². The predicted octanol–water partition coefficient (Wildman–Crippen LogP) is 2.53. The number of hydrogen-bond acceptors (Lipinski definition) is 4. The van der Waals surface area contributed by atoms with Crippen molar-refractivity contribution < 1.29 is 14.3 Å². The van der Waals surface area contributed by atoms with Crippen LogP contribution in [0.25, 0.3) is 0 Å². The van der Waals surface area contributed by atoms with Gasteiger partial charge in [-0.3, -0.25) is 9.48 Å². The molecule has 2 heterocycles. The van der Waals surface area contributed by atoms with Crippen LogP contribution in [-0.4, -0.2) is 29.9 Å². The Morgan fingerprint density at radius 3 is 2.65 bits per heavy atom. The van der Waals surface area contributed by atoms with Crippen molar-refractivity contribution in [1.82, 2.24) is 9.78 Å². The van der Waals surface area contributed by atoms with Crippen molar-refractivity contribution >= 4 is 11.7 Å². The van der Waals surface area contributed by atoms with Gasteiger partial charge in [0.1, 0.15) is 5.82 Å². The molecule has 1 N–H and O–H groups in total. The SMILES string of the molecule is COc1cc(C)cc(C2CC(=O)Nc3c2c(C)nn3C)c1OC. The molecule has 0 radical (unpaired) electrons. The van der Waals surface area contributed by atoms with Crippen molar-refractivity contribution in [3.05, 3.63) is 34.5 Å². The largest absolute Gasteiger partial charge is 0.493 e. The number of amides is 1. The van der Waals surface area contributed by atoms with Gasteiger partial charge < -0.3 is 14.8 Å². The average Bonchev–Trinajstić information content (AvgIpc) is 2.80. The standard InChI is InChI=1S/C17H21N3O3/c1-9-6-12(16(23-5)13(7-9)22-4)11-8-14(21)18-17-15(11)10(2)19-20(17)3/h6-7,11H,8H2,1-5H3,(H,18,21). The number of nitrogens with zero attached hydrogens (tertiary/aromatic N) is 2. The van der Waals surface area contributed by atoms with E-state index >= 15 is 0 Å². The average molecular weight is 315 g/mol. The molecule has 1 aromatic heterocycles. The third kappa shape index (κ3) is 2.44. The lowest BCUT2D eigenvalue weighted by Crippen LogP contribution is -2.25. The minimum Gasteiger partial charge on any atom is -0.493 e. The molecule has 1 amide bonds. The summed E-state index contributed by atoms with van der Waals surface area (Å²) < 4.78 is 12.8. The molecule has 1 aliphatic heterocycles. The molecule has 0 saturated carbocycles. The highest BCUT2D eigenvalue weighted by atomic mass is 16.5. The van der Waals surface area contributed by atoms with Crippen LogP contribution in [-0.2, 0) is 11.8 Å². The summed E-state index contributed by atoms with van der Waals surface area (Å²) in [5, 5.41) is 7.37. The fourth-order valence-corrected chi connectivity index (χ4v) is 3.37. The molecule has 6 nitrogen and oxygen atoms in total. The lowest BCUT2D eigenvalue weighted by molar-refractivity contribution is -0.116. The molecule has 2 aromatic rings. The van der Waals surface area contributed by atoms with Crippen LogP contribution in [0.5, 0.6) is 11.5 Å². The number of rotatable bonds is 3. The highest BCUT2D eigenvalue weighted by Gasteiger charge is 2.34. The van der Waals surface area contributed by atoms with E-state index in [0.717, 1.165) is 28.2 Å². The molecule has 1 atom stereocenters. The number of carbonyl (C=O) groups is 1. The van der Waals surface area contributed by atoms with Gasteiger partial charge in [0.25, 0.3) is 0 Å². The summed E-state index contributed by atoms with van der Waals surface area (Å²) >= 11 is 0. The first-order chi connectivity index (χ1) is 11.0. The van der Waals surface area contributed by atoms with Crippen molar-refractivity contribution in [3.8, 4) is 11.5 Å². The van der Waals surface area contributed by atoms with Gasteiger partial charge in [-0.15, -0.1) is 0 Å². The van der Waals surface area contributed by atoms with E-state index in [-0.39, 0.29) is 11.8 Å². The van der Waals surface area contributed by atoms with Crippen LogP contribution in [0.4, 0.5) is 5.82 Å². The van der Waals surface area contributed by atoms with Gasteiger partial charge in [0, 0.05) is 30.5 Å². The monoisotopic (exact) mass is 315 g/mol. The minimum absolute atomic E-state index is 0.0203. The molecule has 1 aromatic carbocycles. The first-order valence-corrected chi connectivity index (χ1v) is 7.52. The van der Waals surface area contributed by atoms with Crippen LogP contribution in [0.2, 0.25) is 0 Å². The molecular formula is C17H21N3O3. The maximum atomic E-state index is 12.2. The van der Waals surface area contributed by atoms with Crippen molar-refractivity contribution in [2.75, 3.05) is 19.5 Å². The van der Waals surface area contributed by atoms with Gasteiger partial charge in [0.05, 0.1) is 19.9 Å². The van der Waals surface area contributed by atoms with E-state index in [4.69, 9.17) is 9.47 Å². The summed E-state index contributed by atoms with van der Waals surface area (Å²) in [6, 6.07) is 3.99. The molecule has 0 saturated heterocycles. The number of carbonyl (C=O) groups excluding carboxylic acids is 1. The zero-order valence-electron chi connectivity index (χ0n) is 14.1. The second kappa shape index (κ2) is 5.61. The second-order valence-corrected chi connectivity index (χ2v) is 5.87. The maximum Gasteiger partial charge on any atom is 0.226 e. The first-order valence-electron chi connectivity index (χ1n) is 7.52. The quantitative estimate of drug-likeness (QED) is 0.945. The Labute approximate surface area is 135 Å². The van der Waals surface area contributed by atoms with E-state index in [0.29, 0.717) is 17.9 Å². The summed E-state index contributed by atoms with van der Waals surface area (Å²) in [7, 11) is 5.08. The van der Waals surface area contributed by atoms with Gasteiger partial charge in [-0.25, -0.2) is 0 Å². The lowest BCUT2D eigenvalue weighted by atomic mass is 9.84. The van der Waals surface area contributed by atoms with Crippen molar-refractivity contribution in [3.63, 3.8) is 0 Å². The number of ether oxygens (including phenoxy) is 2. The Bertz CT molecular complexity index is 780. The normalized spacial score (nSPS) is 16.7. The van der Waals surface area contributed by atoms with E-state index in [9.17, 15) is 4.79 Å². The smallest absolute Gasteiger partial charge is 0.226 e. The number of methoxy groups -OCH3 is 2. The lowest BCUT2D eigenvalue weighted by Gasteiger charge is -2.26. The highest BCUT2D eigenvalue weighted by Crippen LogP contribution is 2.45. The zero-order chi connectivity index (χ0) is 16.7. The summed E-state index contributed by atoms with van der Waals surface area (Å²) in [5.74, 6) is 1.99. The summed E-state index contributed by atoms with van der Waals surface area (Å²) in [6.45, 7) is 3.97. The summed E-state index contributed by atoms with van der Waals surface area (Å²) in [5.41, 5.74) is 3.97. The maximum absolute atomic E-state index is 12.2. The zero-order valence-corrected chi connectivity index (χ0v) is 14.1. The number of aromatic nitrogens is 2. The molecule has 122 valence electrons. The fourth-order valence-electron chi connectivity index (χ4n) is 3.37. The Kier molecular flexibility index (Phi) is 3.75. The fraction of sp³-hybridized carbons (Fsp3) is 0.412. The third-order valence-electron chi connectivity index (χ3n) is 4.29. The van der Waals surface area contributed by atoms with Gasteiger partial charge in [0.2, 0.25) is 5.91 Å². The molecule has 1 aliphatic rings. The van der Waals surface area contributed by atoms with Crippen LogP contribution in [0.3, 0.4) is 0 Å². The Balaban J connectivity index is 2.24. The number of fused-ring (bicyclic) bond motifs is 1. The molecular weight excluding hydrogens is 294 g/mol. The molecule has 0 bridgehead atoms. The Morgan fingerprint density at radius 2 is 2.00 bits per heavy atom. The van der Waals surface area contributed by atoms with Crippen LogP contribution >= 0.6 is 0 Å². The van der Waals surface area contributed by atoms with Gasteiger partial charge in [0.15, 0.2) is 11.5 Å².